The quantitative estimate of drug-likeness (QED) is 0.836. The first kappa shape index (κ1) is 10.7. The lowest BCUT2D eigenvalue weighted by Crippen LogP contribution is -1.99. The van der Waals surface area contributed by atoms with Crippen LogP contribution >= 0.6 is 23.2 Å². The molecule has 1 rings (SSSR count). The van der Waals surface area contributed by atoms with Gasteiger partial charge in [-0.15, -0.1) is 0 Å². The third-order valence-electron chi connectivity index (χ3n) is 1.46. The van der Waals surface area contributed by atoms with Gasteiger partial charge in [0.2, 0.25) is 5.88 Å². The van der Waals surface area contributed by atoms with E-state index in [-0.39, 0.29) is 10.8 Å². The van der Waals surface area contributed by atoms with E-state index in [0.717, 1.165) is 6.26 Å². The monoisotopic (exact) mass is 273 g/mol. The Morgan fingerprint density at radius 2 is 2.15 bits per heavy atom. The van der Waals surface area contributed by atoms with Gasteiger partial charge in [0.05, 0.1) is 12.0 Å². The number of rotatable bonds is 2. The van der Waals surface area contributed by atoms with Crippen molar-refractivity contribution in [3.63, 3.8) is 0 Å². The molecule has 0 aliphatic heterocycles. The summed E-state index contributed by atoms with van der Waals surface area (Å²) in [7, 11) is -3.62. The third kappa shape index (κ3) is 2.54. The molecule has 1 heterocycles. The molecule has 0 bridgehead atoms. The summed E-state index contributed by atoms with van der Waals surface area (Å²) < 4.78 is 31.8. The van der Waals surface area contributed by atoms with Gasteiger partial charge in [-0.3, -0.25) is 0 Å². The van der Waals surface area contributed by atoms with Gasteiger partial charge in [-0.1, -0.05) is 0 Å². The summed E-state index contributed by atoms with van der Waals surface area (Å²) in [5, 5.41) is 0. The molecule has 0 fully saturated rings. The van der Waals surface area contributed by atoms with Crippen molar-refractivity contribution in [3.8, 4) is 5.88 Å². The maximum absolute atomic E-state index is 13.5. The Bertz CT molecular complexity index is 317. The van der Waals surface area contributed by atoms with Crippen LogP contribution in [0.4, 0.5) is 7.77 Å². The molecule has 0 aromatic carbocycles. The highest BCUT2D eigenvalue weighted by Crippen LogP contribution is 2.83. The van der Waals surface area contributed by atoms with Crippen LogP contribution in [0, 0.1) is 0 Å². The first-order chi connectivity index (χ1) is 5.81. The Labute approximate surface area is 83.4 Å². The fourth-order valence-electron chi connectivity index (χ4n) is 0.903. The number of nitrogens with zero attached hydrogens (tertiary/aromatic N) is 1. The highest BCUT2D eigenvalue weighted by atomic mass is 79.9. The summed E-state index contributed by atoms with van der Waals surface area (Å²) in [6.45, 7) is 0. The number of hydrogen-bond donors (Lipinski definition) is 1. The summed E-state index contributed by atoms with van der Waals surface area (Å²) in [5.74, 6) is -0.0236. The SMILES string of the molecule is COc1ncccc1[SH](C)(F)(F)Br. The second-order valence-corrected chi connectivity index (χ2v) is 10.3. The zero-order valence-corrected chi connectivity index (χ0v) is 9.65. The lowest BCUT2D eigenvalue weighted by atomic mass is 10.5. The van der Waals surface area contributed by atoms with E-state index in [2.05, 4.69) is 19.8 Å². The lowest BCUT2D eigenvalue weighted by Gasteiger charge is -2.35. The predicted molar refractivity (Wildman–Crippen MR) is 55.1 cm³/mol. The number of halogens is 3. The largest absolute Gasteiger partial charge is 0.480 e. The number of methoxy groups -OCH3 is 1. The Kier molecular flexibility index (Phi) is 2.55. The number of pyridine rings is 1. The van der Waals surface area contributed by atoms with Crippen molar-refractivity contribution in [2.24, 2.45) is 0 Å². The van der Waals surface area contributed by atoms with Crippen molar-refractivity contribution < 1.29 is 12.5 Å². The van der Waals surface area contributed by atoms with Gasteiger partial charge >= 0.3 is 0 Å². The molecule has 0 saturated heterocycles. The molecule has 1 aromatic rings. The molecule has 1 aromatic heterocycles. The molecule has 0 radical (unpaired) electrons. The van der Waals surface area contributed by atoms with E-state index in [0.29, 0.717) is 0 Å². The van der Waals surface area contributed by atoms with Crippen molar-refractivity contribution in [3.05, 3.63) is 18.3 Å². The molecule has 0 aliphatic carbocycles. The number of hydrogen-bond acceptors (Lipinski definition) is 2. The predicted octanol–water partition coefficient (Wildman–Crippen LogP) is 3.23. The minimum absolute atomic E-state index is 0.0236. The van der Waals surface area contributed by atoms with E-state index >= 15 is 0 Å². The lowest BCUT2D eigenvalue weighted by molar-refractivity contribution is 0.385. The normalized spacial score (nSPS) is 14.7. The highest BCUT2D eigenvalue weighted by Gasteiger charge is 2.35. The van der Waals surface area contributed by atoms with Crippen LogP contribution in [0.2, 0.25) is 0 Å². The van der Waals surface area contributed by atoms with Crippen molar-refractivity contribution in [2.45, 2.75) is 4.90 Å². The maximum atomic E-state index is 13.5. The molecule has 0 spiro atoms. The topological polar surface area (TPSA) is 22.1 Å². The first-order valence-electron chi connectivity index (χ1n) is 3.48. The summed E-state index contributed by atoms with van der Waals surface area (Å²) in [6, 6.07) is 2.78. The van der Waals surface area contributed by atoms with Gasteiger partial charge in [0, 0.05) is 35.6 Å². The van der Waals surface area contributed by atoms with Crippen LogP contribution < -0.4 is 4.74 Å². The van der Waals surface area contributed by atoms with E-state index < -0.39 is 8.37 Å². The van der Waals surface area contributed by atoms with Gasteiger partial charge in [0.15, 0.2) is 0 Å². The highest BCUT2D eigenvalue weighted by molar-refractivity contribution is 9.60. The molecule has 2 nitrogen and oxygen atoms in total. The molecular weight excluding hydrogens is 264 g/mol. The van der Waals surface area contributed by atoms with Crippen molar-refractivity contribution >= 4 is 23.2 Å². The molecule has 0 aliphatic rings. The molecule has 0 unspecified atom stereocenters. The van der Waals surface area contributed by atoms with E-state index in [1.54, 1.807) is 0 Å². The zero-order valence-electron chi connectivity index (χ0n) is 7.17. The van der Waals surface area contributed by atoms with Crippen molar-refractivity contribution in [2.75, 3.05) is 13.4 Å². The van der Waals surface area contributed by atoms with Crippen molar-refractivity contribution in [1.82, 2.24) is 4.98 Å². The maximum Gasteiger partial charge on any atom is 0.229 e. The molecule has 0 atom stereocenters. The molecular formula is C7H10BrF2NOS. The van der Waals surface area contributed by atoms with Crippen LogP contribution in [0.1, 0.15) is 0 Å². The van der Waals surface area contributed by atoms with Gasteiger partial charge in [-0.25, -0.2) is 4.98 Å². The Morgan fingerprint density at radius 3 is 2.54 bits per heavy atom. The molecule has 0 N–H and O–H groups in total. The van der Waals surface area contributed by atoms with Crippen LogP contribution in [0.5, 0.6) is 5.88 Å². The van der Waals surface area contributed by atoms with E-state index in [9.17, 15) is 7.77 Å². The minimum Gasteiger partial charge on any atom is -0.480 e. The first-order valence-corrected chi connectivity index (χ1v) is 7.96. The Morgan fingerprint density at radius 1 is 1.54 bits per heavy atom. The average Bonchev–Trinajstić information content (AvgIpc) is 2.01. The van der Waals surface area contributed by atoms with Gasteiger partial charge < -0.3 is 4.74 Å². The van der Waals surface area contributed by atoms with E-state index in [1.807, 2.05) is 0 Å². The van der Waals surface area contributed by atoms with E-state index in [4.69, 9.17) is 4.74 Å². The third-order valence-corrected chi connectivity index (χ3v) is 3.97. The summed E-state index contributed by atoms with van der Waals surface area (Å²) in [6.07, 6.45) is 2.29. The van der Waals surface area contributed by atoms with E-state index in [1.165, 1.54) is 25.4 Å². The molecule has 0 saturated carbocycles. The Hall–Kier alpha value is -0.360. The summed E-state index contributed by atoms with van der Waals surface area (Å²) in [4.78, 5) is 3.55. The number of aromatic nitrogens is 1. The fraction of sp³-hybridized carbons (Fsp3) is 0.286. The zero-order chi connectivity index (χ0) is 10.1. The number of thiol groups is 1. The average molecular weight is 274 g/mol. The van der Waals surface area contributed by atoms with Gasteiger partial charge in [0.25, 0.3) is 0 Å². The van der Waals surface area contributed by atoms with Crippen LogP contribution in [-0.4, -0.2) is 18.3 Å². The second-order valence-electron chi connectivity index (χ2n) is 2.71. The van der Waals surface area contributed by atoms with Crippen LogP contribution in [-0.2, 0) is 0 Å². The van der Waals surface area contributed by atoms with Crippen LogP contribution in [0.3, 0.4) is 0 Å². The van der Waals surface area contributed by atoms with Gasteiger partial charge in [-0.2, -0.15) is 7.77 Å². The summed E-state index contributed by atoms with van der Waals surface area (Å²) >= 11 is 2.46. The number of ether oxygens (including phenoxy) is 1. The fourth-order valence-corrected chi connectivity index (χ4v) is 2.67. The second kappa shape index (κ2) is 3.09. The smallest absolute Gasteiger partial charge is 0.229 e. The standard InChI is InChI=1S/C7H10BrF2NOS/c1-12-7-6(4-3-5-11-7)13(2,8,9)10/h3-5,13H,1-2H3. The summed E-state index contributed by atoms with van der Waals surface area (Å²) in [5.41, 5.74) is 0. The van der Waals surface area contributed by atoms with Crippen molar-refractivity contribution in [1.29, 1.82) is 0 Å². The Balaban J connectivity index is 3.30. The minimum atomic E-state index is -4.94. The van der Waals surface area contributed by atoms with Gasteiger partial charge in [0.1, 0.15) is 0 Å². The van der Waals surface area contributed by atoms with Crippen LogP contribution in [0.25, 0.3) is 0 Å². The molecule has 6 heteroatoms. The van der Waals surface area contributed by atoms with Crippen LogP contribution in [0.15, 0.2) is 23.2 Å². The van der Waals surface area contributed by atoms with Gasteiger partial charge in [-0.05, 0) is 12.1 Å². The molecule has 0 amide bonds. The molecule has 76 valence electrons. The molecule has 13 heavy (non-hydrogen) atoms.